The van der Waals surface area contributed by atoms with Crippen LogP contribution in [-0.4, -0.2) is 17.0 Å². The third-order valence-corrected chi connectivity index (χ3v) is 2.91. The summed E-state index contributed by atoms with van der Waals surface area (Å²) in [5, 5.41) is 13.4. The van der Waals surface area contributed by atoms with Crippen LogP contribution in [0.1, 0.15) is 18.9 Å². The summed E-state index contributed by atoms with van der Waals surface area (Å²) in [4.78, 5) is 11.9. The average Bonchev–Trinajstić information content (AvgIpc) is 2.37. The zero-order chi connectivity index (χ0) is 16.2. The largest absolute Gasteiger partial charge is 0.416 e. The van der Waals surface area contributed by atoms with Crippen LogP contribution in [0.15, 0.2) is 23.4 Å². The highest BCUT2D eigenvalue weighted by molar-refractivity contribution is 6.31. The summed E-state index contributed by atoms with van der Waals surface area (Å²) < 4.78 is 37.9. The second-order valence-electron chi connectivity index (χ2n) is 4.20. The minimum atomic E-state index is -4.58. The first-order chi connectivity index (χ1) is 9.68. The van der Waals surface area contributed by atoms with Crippen LogP contribution < -0.4 is 11.1 Å². The summed E-state index contributed by atoms with van der Waals surface area (Å²) in [5.41, 5.74) is 4.24. The van der Waals surface area contributed by atoms with Crippen molar-refractivity contribution in [3.63, 3.8) is 0 Å². The lowest BCUT2D eigenvalue weighted by atomic mass is 10.0. The number of amides is 1. The molecular weight excluding hydrogens is 311 g/mol. The maximum atomic E-state index is 12.6. The molecule has 0 aliphatic carbocycles. The first kappa shape index (κ1) is 17.1. The van der Waals surface area contributed by atoms with E-state index in [0.717, 1.165) is 12.1 Å². The predicted octanol–water partition coefficient (Wildman–Crippen LogP) is 3.07. The fourth-order valence-corrected chi connectivity index (χ4v) is 1.89. The molecule has 5 nitrogen and oxygen atoms in total. The van der Waals surface area contributed by atoms with Crippen molar-refractivity contribution in [2.45, 2.75) is 19.5 Å². The van der Waals surface area contributed by atoms with E-state index in [2.05, 4.69) is 10.5 Å². The van der Waals surface area contributed by atoms with Gasteiger partial charge in [0.25, 0.3) is 0 Å². The number of anilines is 1. The highest BCUT2D eigenvalue weighted by atomic mass is 35.5. The Morgan fingerprint density at radius 3 is 2.57 bits per heavy atom. The van der Waals surface area contributed by atoms with Gasteiger partial charge in [-0.1, -0.05) is 23.7 Å². The molecule has 0 aromatic heterocycles. The van der Waals surface area contributed by atoms with E-state index < -0.39 is 23.6 Å². The number of halogens is 4. The van der Waals surface area contributed by atoms with Gasteiger partial charge in [0.05, 0.1) is 11.5 Å². The third-order valence-electron chi connectivity index (χ3n) is 2.69. The fourth-order valence-electron chi connectivity index (χ4n) is 1.65. The van der Waals surface area contributed by atoms with Crippen LogP contribution >= 0.6 is 11.6 Å². The molecule has 9 heteroatoms. The van der Waals surface area contributed by atoms with Crippen LogP contribution in [0.3, 0.4) is 0 Å². The number of carbonyl (C=O) groups excluding carboxylic acids is 1. The standard InChI is InChI=1S/C12H13ClF3N3O2/c1-2-9(10(17)19-21)11(20)18-8-4-6(12(14,15)16)3-7(13)5-8/h3-5,9,21H,2H2,1H3,(H2,17,19)(H,18,20). The molecule has 0 saturated heterocycles. The highest BCUT2D eigenvalue weighted by Crippen LogP contribution is 2.33. The Labute approximate surface area is 123 Å². The zero-order valence-corrected chi connectivity index (χ0v) is 11.7. The molecule has 0 fully saturated rings. The van der Waals surface area contributed by atoms with Crippen LogP contribution in [0.2, 0.25) is 5.02 Å². The molecule has 1 amide bonds. The van der Waals surface area contributed by atoms with Crippen molar-refractivity contribution >= 4 is 29.0 Å². The van der Waals surface area contributed by atoms with Gasteiger partial charge in [0.15, 0.2) is 5.84 Å². The number of amidine groups is 1. The number of carbonyl (C=O) groups is 1. The maximum Gasteiger partial charge on any atom is 0.416 e. The monoisotopic (exact) mass is 323 g/mol. The van der Waals surface area contributed by atoms with Gasteiger partial charge in [-0.3, -0.25) is 4.79 Å². The Kier molecular flexibility index (Phi) is 5.42. The lowest BCUT2D eigenvalue weighted by Crippen LogP contribution is -2.34. The second kappa shape index (κ2) is 6.66. The van der Waals surface area contributed by atoms with Crippen molar-refractivity contribution < 1.29 is 23.2 Å². The number of oxime groups is 1. The Hall–Kier alpha value is -1.96. The number of nitrogens with one attached hydrogen (secondary N) is 1. The van der Waals surface area contributed by atoms with E-state index in [9.17, 15) is 18.0 Å². The van der Waals surface area contributed by atoms with Crippen LogP contribution in [-0.2, 0) is 11.0 Å². The zero-order valence-electron chi connectivity index (χ0n) is 10.9. The first-order valence-electron chi connectivity index (χ1n) is 5.85. The van der Waals surface area contributed by atoms with E-state index in [1.54, 1.807) is 6.92 Å². The lowest BCUT2D eigenvalue weighted by molar-refractivity contribution is -0.137. The van der Waals surface area contributed by atoms with Gasteiger partial charge in [-0.05, 0) is 24.6 Å². The quantitative estimate of drug-likeness (QED) is 0.344. The molecule has 0 aliphatic heterocycles. The Morgan fingerprint density at radius 1 is 1.48 bits per heavy atom. The fraction of sp³-hybridized carbons (Fsp3) is 0.333. The predicted molar refractivity (Wildman–Crippen MR) is 72.3 cm³/mol. The third kappa shape index (κ3) is 4.52. The molecule has 21 heavy (non-hydrogen) atoms. The molecule has 0 aliphatic rings. The molecule has 1 aromatic carbocycles. The molecule has 1 atom stereocenters. The highest BCUT2D eigenvalue weighted by Gasteiger charge is 2.31. The summed E-state index contributed by atoms with van der Waals surface area (Å²) in [5.74, 6) is -1.97. The normalized spacial score (nSPS) is 13.9. The van der Waals surface area contributed by atoms with Gasteiger partial charge < -0.3 is 16.3 Å². The molecule has 1 aromatic rings. The first-order valence-corrected chi connectivity index (χ1v) is 6.23. The molecule has 0 spiro atoms. The van der Waals surface area contributed by atoms with E-state index >= 15 is 0 Å². The summed E-state index contributed by atoms with van der Waals surface area (Å²) in [6.45, 7) is 1.61. The van der Waals surface area contributed by atoms with Crippen molar-refractivity contribution in [3.05, 3.63) is 28.8 Å². The van der Waals surface area contributed by atoms with E-state index in [0.29, 0.717) is 0 Å². The summed E-state index contributed by atoms with van der Waals surface area (Å²) in [6, 6.07) is 2.68. The Morgan fingerprint density at radius 2 is 2.10 bits per heavy atom. The molecule has 0 bridgehead atoms. The topological polar surface area (TPSA) is 87.7 Å². The molecule has 116 valence electrons. The second-order valence-corrected chi connectivity index (χ2v) is 4.64. The van der Waals surface area contributed by atoms with Crippen LogP contribution in [0.25, 0.3) is 0 Å². The number of rotatable bonds is 4. The smallest absolute Gasteiger partial charge is 0.409 e. The van der Waals surface area contributed by atoms with E-state index in [4.69, 9.17) is 22.5 Å². The molecule has 1 unspecified atom stereocenters. The van der Waals surface area contributed by atoms with E-state index in [1.807, 2.05) is 0 Å². The van der Waals surface area contributed by atoms with E-state index in [-0.39, 0.29) is 23.0 Å². The van der Waals surface area contributed by atoms with Crippen molar-refractivity contribution in [1.29, 1.82) is 0 Å². The molecular formula is C12H13ClF3N3O2. The summed E-state index contributed by atoms with van der Waals surface area (Å²) in [6.07, 6.45) is -4.37. The molecule has 1 rings (SSSR count). The molecule has 4 N–H and O–H groups in total. The van der Waals surface area contributed by atoms with Gasteiger partial charge >= 0.3 is 6.18 Å². The van der Waals surface area contributed by atoms with E-state index in [1.165, 1.54) is 6.07 Å². The molecule has 0 heterocycles. The summed E-state index contributed by atoms with van der Waals surface area (Å²) >= 11 is 5.60. The number of alkyl halides is 3. The molecule has 0 radical (unpaired) electrons. The van der Waals surface area contributed by atoms with Crippen molar-refractivity contribution in [2.24, 2.45) is 16.8 Å². The molecule has 0 saturated carbocycles. The summed E-state index contributed by atoms with van der Waals surface area (Å²) in [7, 11) is 0. The van der Waals surface area contributed by atoms with Crippen LogP contribution in [0.5, 0.6) is 0 Å². The number of hydrogen-bond acceptors (Lipinski definition) is 3. The Bertz CT molecular complexity index is 561. The minimum absolute atomic E-state index is 0.121. The average molecular weight is 324 g/mol. The van der Waals surface area contributed by atoms with Gasteiger partial charge in [0.2, 0.25) is 5.91 Å². The number of hydrogen-bond donors (Lipinski definition) is 3. The number of benzene rings is 1. The van der Waals surface area contributed by atoms with Crippen molar-refractivity contribution in [3.8, 4) is 0 Å². The van der Waals surface area contributed by atoms with Crippen molar-refractivity contribution in [2.75, 3.05) is 5.32 Å². The Balaban J connectivity index is 3.03. The number of nitrogens with zero attached hydrogens (tertiary/aromatic N) is 1. The van der Waals surface area contributed by atoms with Gasteiger partial charge in [-0.25, -0.2) is 0 Å². The lowest BCUT2D eigenvalue weighted by Gasteiger charge is -2.15. The van der Waals surface area contributed by atoms with Gasteiger partial charge in [0.1, 0.15) is 0 Å². The van der Waals surface area contributed by atoms with Gasteiger partial charge in [0, 0.05) is 10.7 Å². The maximum absolute atomic E-state index is 12.6. The van der Waals surface area contributed by atoms with Crippen LogP contribution in [0, 0.1) is 5.92 Å². The SMILES string of the molecule is CCC(C(=O)Nc1cc(Cl)cc(C(F)(F)F)c1)/C(N)=N/O. The minimum Gasteiger partial charge on any atom is -0.409 e. The van der Waals surface area contributed by atoms with Gasteiger partial charge in [-0.15, -0.1) is 0 Å². The number of nitrogens with two attached hydrogens (primary N) is 1. The van der Waals surface area contributed by atoms with Crippen LogP contribution in [0.4, 0.5) is 18.9 Å². The van der Waals surface area contributed by atoms with Crippen molar-refractivity contribution in [1.82, 2.24) is 0 Å². The van der Waals surface area contributed by atoms with Gasteiger partial charge in [-0.2, -0.15) is 13.2 Å².